The highest BCUT2D eigenvalue weighted by Gasteiger charge is 2.23. The van der Waals surface area contributed by atoms with Crippen LogP contribution in [0.2, 0.25) is 4.34 Å². The van der Waals surface area contributed by atoms with Crippen molar-refractivity contribution >= 4 is 33.0 Å². The minimum Gasteiger partial charge on any atom is -0.317 e. The molecule has 0 saturated carbocycles. The first-order valence-corrected chi connectivity index (χ1v) is 8.16. The summed E-state index contributed by atoms with van der Waals surface area (Å²) in [6.45, 7) is 3.53. The fraction of sp³-hybridized carbons (Fsp3) is 0.600. The van der Waals surface area contributed by atoms with Gasteiger partial charge in [-0.15, -0.1) is 11.3 Å². The minimum atomic E-state index is -3.41. The van der Waals surface area contributed by atoms with Crippen LogP contribution in [0.3, 0.4) is 0 Å². The molecule has 17 heavy (non-hydrogen) atoms. The van der Waals surface area contributed by atoms with E-state index >= 15 is 0 Å². The predicted molar refractivity (Wildman–Crippen MR) is 70.3 cm³/mol. The monoisotopic (exact) mass is 294 g/mol. The summed E-state index contributed by atoms with van der Waals surface area (Å²) in [5, 5.41) is 3.20. The lowest BCUT2D eigenvalue weighted by atomic mass is 10.1. The van der Waals surface area contributed by atoms with Crippen LogP contribution in [-0.2, 0) is 10.0 Å². The Balaban J connectivity index is 2.12. The Morgan fingerprint density at radius 3 is 2.65 bits per heavy atom. The molecule has 0 bridgehead atoms. The molecule has 0 amide bonds. The van der Waals surface area contributed by atoms with Crippen LogP contribution in [-0.4, -0.2) is 27.5 Å². The summed E-state index contributed by atoms with van der Waals surface area (Å²) < 4.78 is 27.8. The molecule has 0 aliphatic carbocycles. The van der Waals surface area contributed by atoms with Crippen molar-refractivity contribution in [3.63, 3.8) is 0 Å². The second-order valence-electron chi connectivity index (χ2n) is 4.17. The highest BCUT2D eigenvalue weighted by molar-refractivity contribution is 7.91. The van der Waals surface area contributed by atoms with Gasteiger partial charge in [-0.3, -0.25) is 0 Å². The van der Waals surface area contributed by atoms with Crippen molar-refractivity contribution in [1.29, 1.82) is 0 Å². The molecule has 2 rings (SSSR count). The highest BCUT2D eigenvalue weighted by atomic mass is 35.5. The fourth-order valence-electron chi connectivity index (χ4n) is 1.78. The molecule has 1 saturated heterocycles. The molecule has 7 heteroatoms. The molecular weight excluding hydrogens is 280 g/mol. The molecule has 1 aliphatic heterocycles. The van der Waals surface area contributed by atoms with Gasteiger partial charge in [0.15, 0.2) is 0 Å². The van der Waals surface area contributed by atoms with Gasteiger partial charge in [0, 0.05) is 6.04 Å². The standard InChI is InChI=1S/C10H15ClN2O2S2/c1-7-6-9(16-10(7)11)17(14,15)13-8-2-4-12-5-3-8/h6,8,12-13H,2-5H2,1H3. The van der Waals surface area contributed by atoms with Gasteiger partial charge in [0.05, 0.1) is 4.34 Å². The summed E-state index contributed by atoms with van der Waals surface area (Å²) in [5.74, 6) is 0. The van der Waals surface area contributed by atoms with E-state index in [0.717, 1.165) is 42.8 Å². The van der Waals surface area contributed by atoms with Crippen molar-refractivity contribution < 1.29 is 8.42 Å². The Hall–Kier alpha value is -0.140. The van der Waals surface area contributed by atoms with Crippen LogP contribution >= 0.6 is 22.9 Å². The number of hydrogen-bond donors (Lipinski definition) is 2. The lowest BCUT2D eigenvalue weighted by molar-refractivity contribution is 0.427. The van der Waals surface area contributed by atoms with Crippen LogP contribution in [0.5, 0.6) is 0 Å². The smallest absolute Gasteiger partial charge is 0.250 e. The number of sulfonamides is 1. The third kappa shape index (κ3) is 3.20. The summed E-state index contributed by atoms with van der Waals surface area (Å²) in [5.41, 5.74) is 0.808. The van der Waals surface area contributed by atoms with E-state index in [2.05, 4.69) is 10.0 Å². The Morgan fingerprint density at radius 2 is 2.12 bits per heavy atom. The summed E-state index contributed by atoms with van der Waals surface area (Å²) in [4.78, 5) is 0. The summed E-state index contributed by atoms with van der Waals surface area (Å²) >= 11 is 7.00. The highest BCUT2D eigenvalue weighted by Crippen LogP contribution is 2.30. The van der Waals surface area contributed by atoms with Gasteiger partial charge in [-0.05, 0) is 44.5 Å². The average molecular weight is 295 g/mol. The molecular formula is C10H15ClN2O2S2. The second kappa shape index (κ2) is 5.24. The first-order chi connectivity index (χ1) is 7.99. The van der Waals surface area contributed by atoms with E-state index in [0.29, 0.717) is 8.55 Å². The van der Waals surface area contributed by atoms with E-state index < -0.39 is 10.0 Å². The number of piperidine rings is 1. The molecule has 2 heterocycles. The van der Waals surface area contributed by atoms with Crippen molar-refractivity contribution in [1.82, 2.24) is 10.0 Å². The Labute approximate surface area is 110 Å². The Morgan fingerprint density at radius 1 is 1.47 bits per heavy atom. The van der Waals surface area contributed by atoms with Crippen LogP contribution in [0.15, 0.2) is 10.3 Å². The van der Waals surface area contributed by atoms with Crippen LogP contribution < -0.4 is 10.0 Å². The molecule has 1 fully saturated rings. The average Bonchev–Trinajstić information content (AvgIpc) is 2.61. The van der Waals surface area contributed by atoms with Gasteiger partial charge in [-0.1, -0.05) is 11.6 Å². The van der Waals surface area contributed by atoms with Gasteiger partial charge in [-0.2, -0.15) is 0 Å². The van der Waals surface area contributed by atoms with E-state index in [1.807, 2.05) is 6.92 Å². The molecule has 0 spiro atoms. The van der Waals surface area contributed by atoms with Crippen molar-refractivity contribution in [2.24, 2.45) is 0 Å². The number of nitrogens with one attached hydrogen (secondary N) is 2. The van der Waals surface area contributed by atoms with Crippen molar-refractivity contribution in [2.45, 2.75) is 30.0 Å². The zero-order valence-corrected chi connectivity index (χ0v) is 11.9. The molecule has 96 valence electrons. The number of aryl methyl sites for hydroxylation is 1. The number of thiophene rings is 1. The second-order valence-corrected chi connectivity index (χ2v) is 7.76. The molecule has 1 aromatic heterocycles. The van der Waals surface area contributed by atoms with Gasteiger partial charge in [0.2, 0.25) is 10.0 Å². The van der Waals surface area contributed by atoms with E-state index in [-0.39, 0.29) is 6.04 Å². The summed E-state index contributed by atoms with van der Waals surface area (Å²) in [6, 6.07) is 1.65. The van der Waals surface area contributed by atoms with Crippen molar-refractivity contribution in [2.75, 3.05) is 13.1 Å². The van der Waals surface area contributed by atoms with E-state index in [1.165, 1.54) is 0 Å². The number of hydrogen-bond acceptors (Lipinski definition) is 4. The maximum Gasteiger partial charge on any atom is 0.250 e. The summed E-state index contributed by atoms with van der Waals surface area (Å²) in [6.07, 6.45) is 1.66. The van der Waals surface area contributed by atoms with Gasteiger partial charge in [0.25, 0.3) is 0 Å². The van der Waals surface area contributed by atoms with Gasteiger partial charge in [0.1, 0.15) is 4.21 Å². The van der Waals surface area contributed by atoms with Gasteiger partial charge < -0.3 is 5.32 Å². The topological polar surface area (TPSA) is 58.2 Å². The van der Waals surface area contributed by atoms with E-state index in [9.17, 15) is 8.42 Å². The quantitative estimate of drug-likeness (QED) is 0.893. The van der Waals surface area contributed by atoms with Crippen molar-refractivity contribution in [3.8, 4) is 0 Å². The fourth-order valence-corrected chi connectivity index (χ4v) is 4.81. The lowest BCUT2D eigenvalue weighted by Gasteiger charge is -2.23. The molecule has 1 aliphatic rings. The largest absolute Gasteiger partial charge is 0.317 e. The summed E-state index contributed by atoms with van der Waals surface area (Å²) in [7, 11) is -3.41. The van der Waals surface area contributed by atoms with Crippen LogP contribution in [0.1, 0.15) is 18.4 Å². The third-order valence-electron chi connectivity index (χ3n) is 2.76. The molecule has 4 nitrogen and oxygen atoms in total. The first kappa shape index (κ1) is 13.3. The van der Waals surface area contributed by atoms with Crippen molar-refractivity contribution in [3.05, 3.63) is 16.0 Å². The molecule has 2 N–H and O–H groups in total. The van der Waals surface area contributed by atoms with E-state index in [1.54, 1.807) is 6.07 Å². The molecule has 0 atom stereocenters. The zero-order chi connectivity index (χ0) is 12.5. The minimum absolute atomic E-state index is 0.0300. The van der Waals surface area contributed by atoms with Crippen LogP contribution in [0.4, 0.5) is 0 Å². The van der Waals surface area contributed by atoms with E-state index in [4.69, 9.17) is 11.6 Å². The lowest BCUT2D eigenvalue weighted by Crippen LogP contribution is -2.42. The third-order valence-corrected chi connectivity index (χ3v) is 6.31. The SMILES string of the molecule is Cc1cc(S(=O)(=O)NC2CCNCC2)sc1Cl. The molecule has 0 radical (unpaired) electrons. The maximum atomic E-state index is 12.1. The maximum absolute atomic E-state index is 12.1. The van der Waals surface area contributed by atoms with Crippen LogP contribution in [0, 0.1) is 6.92 Å². The van der Waals surface area contributed by atoms with Gasteiger partial charge >= 0.3 is 0 Å². The predicted octanol–water partition coefficient (Wildman–Crippen LogP) is 1.74. The zero-order valence-electron chi connectivity index (χ0n) is 9.49. The number of halogens is 1. The molecule has 0 aromatic carbocycles. The van der Waals surface area contributed by atoms with Crippen LogP contribution in [0.25, 0.3) is 0 Å². The van der Waals surface area contributed by atoms with Gasteiger partial charge in [-0.25, -0.2) is 13.1 Å². The molecule has 1 aromatic rings. The number of rotatable bonds is 3. The molecule has 0 unspecified atom stereocenters. The first-order valence-electron chi connectivity index (χ1n) is 5.48. The Bertz CT molecular complexity index is 473. The normalized spacial score (nSPS) is 18.5. The Kier molecular flexibility index (Phi) is 4.10.